The highest BCUT2D eigenvalue weighted by molar-refractivity contribution is 7.89. The van der Waals surface area contributed by atoms with Crippen molar-refractivity contribution in [3.05, 3.63) is 29.8 Å². The summed E-state index contributed by atoms with van der Waals surface area (Å²) in [4.78, 5) is 1.73. The maximum atomic E-state index is 12.8. The summed E-state index contributed by atoms with van der Waals surface area (Å²) in [5, 5.41) is 0. The molecule has 0 atom stereocenters. The van der Waals surface area contributed by atoms with E-state index in [0.29, 0.717) is 12.6 Å². The van der Waals surface area contributed by atoms with E-state index in [2.05, 4.69) is 4.90 Å². The molecular formula is C15H23F3N2O2S. The van der Waals surface area contributed by atoms with Crippen molar-refractivity contribution in [3.8, 4) is 0 Å². The molecule has 0 fully saturated rings. The number of rotatable bonds is 8. The normalized spacial score (nSPS) is 13.0. The largest absolute Gasteiger partial charge is 0.416 e. The van der Waals surface area contributed by atoms with Crippen molar-refractivity contribution in [2.75, 3.05) is 32.7 Å². The third-order valence-electron chi connectivity index (χ3n) is 3.71. The third kappa shape index (κ3) is 5.19. The van der Waals surface area contributed by atoms with Crippen LogP contribution in [0.25, 0.3) is 0 Å². The van der Waals surface area contributed by atoms with E-state index in [1.165, 1.54) is 10.4 Å². The Hall–Kier alpha value is -1.12. The summed E-state index contributed by atoms with van der Waals surface area (Å²) in [7, 11) is -3.94. The van der Waals surface area contributed by atoms with Crippen molar-refractivity contribution < 1.29 is 21.6 Å². The molecule has 0 unspecified atom stereocenters. The van der Waals surface area contributed by atoms with E-state index in [1.807, 2.05) is 13.8 Å². The van der Waals surface area contributed by atoms with Crippen LogP contribution in [0.15, 0.2) is 29.2 Å². The van der Waals surface area contributed by atoms with Crippen molar-refractivity contribution in [3.63, 3.8) is 0 Å². The van der Waals surface area contributed by atoms with Gasteiger partial charge in [0.2, 0.25) is 10.0 Å². The second-order valence-electron chi connectivity index (χ2n) is 5.05. The minimum absolute atomic E-state index is 0.208. The molecule has 0 amide bonds. The van der Waals surface area contributed by atoms with Gasteiger partial charge in [-0.25, -0.2) is 8.42 Å². The second kappa shape index (κ2) is 8.12. The van der Waals surface area contributed by atoms with Gasteiger partial charge >= 0.3 is 6.18 Å². The lowest BCUT2D eigenvalue weighted by atomic mass is 10.2. The van der Waals surface area contributed by atoms with Crippen molar-refractivity contribution in [2.45, 2.75) is 31.8 Å². The minimum atomic E-state index is -4.57. The van der Waals surface area contributed by atoms with Gasteiger partial charge in [-0.1, -0.05) is 26.8 Å². The summed E-state index contributed by atoms with van der Waals surface area (Å²) < 4.78 is 64.7. The lowest BCUT2D eigenvalue weighted by Gasteiger charge is -2.25. The summed E-state index contributed by atoms with van der Waals surface area (Å²) in [6.07, 6.45) is -4.57. The van der Waals surface area contributed by atoms with E-state index in [9.17, 15) is 21.6 Å². The zero-order valence-corrected chi connectivity index (χ0v) is 14.4. The third-order valence-corrected chi connectivity index (χ3v) is 5.68. The lowest BCUT2D eigenvalue weighted by molar-refractivity contribution is -0.137. The molecule has 4 nitrogen and oxygen atoms in total. The Bertz CT molecular complexity index is 599. The van der Waals surface area contributed by atoms with Gasteiger partial charge in [0.05, 0.1) is 10.5 Å². The molecule has 0 spiro atoms. The fraction of sp³-hybridized carbons (Fsp3) is 0.600. The van der Waals surface area contributed by atoms with Crippen LogP contribution in [0.1, 0.15) is 26.3 Å². The SMILES string of the molecule is CCN(CC)CCN(CC)S(=O)(=O)c1cccc(C(F)(F)F)c1. The van der Waals surface area contributed by atoms with Crippen molar-refractivity contribution in [1.82, 2.24) is 9.21 Å². The van der Waals surface area contributed by atoms with Gasteiger partial charge < -0.3 is 4.90 Å². The van der Waals surface area contributed by atoms with Gasteiger partial charge in [-0.3, -0.25) is 0 Å². The van der Waals surface area contributed by atoms with Gasteiger partial charge in [-0.15, -0.1) is 0 Å². The Morgan fingerprint density at radius 3 is 2.09 bits per heavy atom. The first-order valence-electron chi connectivity index (χ1n) is 7.56. The molecule has 0 heterocycles. The Morgan fingerprint density at radius 1 is 1.00 bits per heavy atom. The molecule has 0 radical (unpaired) electrons. The summed E-state index contributed by atoms with van der Waals surface area (Å²) in [6.45, 7) is 8.19. The molecule has 0 saturated carbocycles. The predicted molar refractivity (Wildman–Crippen MR) is 83.7 cm³/mol. The first-order valence-corrected chi connectivity index (χ1v) is 9.00. The molecule has 1 aromatic carbocycles. The number of hydrogen-bond donors (Lipinski definition) is 0. The molecule has 0 saturated heterocycles. The van der Waals surface area contributed by atoms with Crippen LogP contribution in [-0.2, 0) is 16.2 Å². The summed E-state index contributed by atoms with van der Waals surface area (Å²) in [5.74, 6) is 0. The zero-order chi connectivity index (χ0) is 17.7. The quantitative estimate of drug-likeness (QED) is 0.722. The van der Waals surface area contributed by atoms with E-state index >= 15 is 0 Å². The lowest BCUT2D eigenvalue weighted by Crippen LogP contribution is -2.38. The Kier molecular flexibility index (Phi) is 7.03. The van der Waals surface area contributed by atoms with Gasteiger partial charge in [-0.05, 0) is 31.3 Å². The first-order chi connectivity index (χ1) is 10.7. The molecular weight excluding hydrogens is 329 g/mol. The van der Waals surface area contributed by atoms with Crippen molar-refractivity contribution >= 4 is 10.0 Å². The van der Waals surface area contributed by atoms with Crippen molar-refractivity contribution in [2.24, 2.45) is 0 Å². The van der Waals surface area contributed by atoms with Crippen LogP contribution in [0.5, 0.6) is 0 Å². The average molecular weight is 352 g/mol. The topological polar surface area (TPSA) is 40.6 Å². The number of hydrogen-bond acceptors (Lipinski definition) is 3. The maximum absolute atomic E-state index is 12.8. The Morgan fingerprint density at radius 2 is 1.61 bits per heavy atom. The van der Waals surface area contributed by atoms with Crippen LogP contribution in [0.2, 0.25) is 0 Å². The molecule has 23 heavy (non-hydrogen) atoms. The molecule has 1 aromatic rings. The molecule has 0 N–H and O–H groups in total. The van der Waals surface area contributed by atoms with E-state index in [-0.39, 0.29) is 18.0 Å². The summed E-state index contributed by atoms with van der Waals surface area (Å²) in [6, 6.07) is 3.87. The fourth-order valence-corrected chi connectivity index (χ4v) is 3.71. The molecule has 8 heteroatoms. The monoisotopic (exact) mass is 352 g/mol. The molecule has 132 valence electrons. The van der Waals surface area contributed by atoms with Gasteiger partial charge in [0.25, 0.3) is 0 Å². The molecule has 0 bridgehead atoms. The zero-order valence-electron chi connectivity index (χ0n) is 13.6. The van der Waals surface area contributed by atoms with Gasteiger partial charge in [0.15, 0.2) is 0 Å². The standard InChI is InChI=1S/C15H23F3N2O2S/c1-4-19(5-2)10-11-20(6-3)23(21,22)14-9-7-8-13(12-14)15(16,17)18/h7-9,12H,4-6,10-11H2,1-3H3. The van der Waals surface area contributed by atoms with Crippen LogP contribution in [0.4, 0.5) is 13.2 Å². The summed E-state index contributed by atoms with van der Waals surface area (Å²) >= 11 is 0. The number of alkyl halides is 3. The molecule has 0 aliphatic carbocycles. The van der Waals surface area contributed by atoms with Crippen LogP contribution in [-0.4, -0.2) is 50.3 Å². The van der Waals surface area contributed by atoms with Crippen LogP contribution in [0.3, 0.4) is 0 Å². The number of halogens is 3. The molecule has 0 aliphatic heterocycles. The number of nitrogens with zero attached hydrogens (tertiary/aromatic N) is 2. The van der Waals surface area contributed by atoms with E-state index in [1.54, 1.807) is 6.92 Å². The van der Waals surface area contributed by atoms with Crippen molar-refractivity contribution in [1.29, 1.82) is 0 Å². The number of likely N-dealkylation sites (N-methyl/N-ethyl adjacent to an activating group) is 2. The van der Waals surface area contributed by atoms with Crippen LogP contribution >= 0.6 is 0 Å². The molecule has 0 aliphatic rings. The average Bonchev–Trinajstić information content (AvgIpc) is 2.51. The number of sulfonamides is 1. The number of benzene rings is 1. The predicted octanol–water partition coefficient (Wildman–Crippen LogP) is 3.06. The first kappa shape index (κ1) is 19.9. The highest BCUT2D eigenvalue weighted by atomic mass is 32.2. The summed E-state index contributed by atoms with van der Waals surface area (Å²) in [5.41, 5.74) is -0.960. The van der Waals surface area contributed by atoms with Gasteiger partial charge in [0.1, 0.15) is 0 Å². The minimum Gasteiger partial charge on any atom is -0.303 e. The second-order valence-corrected chi connectivity index (χ2v) is 6.99. The molecule has 0 aromatic heterocycles. The van der Waals surface area contributed by atoms with Gasteiger partial charge in [0, 0.05) is 19.6 Å². The highest BCUT2D eigenvalue weighted by Gasteiger charge is 2.32. The fourth-order valence-electron chi connectivity index (χ4n) is 2.22. The maximum Gasteiger partial charge on any atom is 0.416 e. The van der Waals surface area contributed by atoms with Crippen LogP contribution in [0, 0.1) is 0 Å². The smallest absolute Gasteiger partial charge is 0.303 e. The molecule has 1 rings (SSSR count). The van der Waals surface area contributed by atoms with Crippen LogP contribution < -0.4 is 0 Å². The Balaban J connectivity index is 3.03. The van der Waals surface area contributed by atoms with E-state index < -0.39 is 21.8 Å². The highest BCUT2D eigenvalue weighted by Crippen LogP contribution is 2.31. The van der Waals surface area contributed by atoms with Gasteiger partial charge in [-0.2, -0.15) is 17.5 Å². The van der Waals surface area contributed by atoms with E-state index in [4.69, 9.17) is 0 Å². The van der Waals surface area contributed by atoms with E-state index in [0.717, 1.165) is 25.2 Å². The Labute approximate surface area is 135 Å².